The Balaban J connectivity index is 3.39. The molecule has 0 bridgehead atoms. The standard InChI is InChI=1S/C14H22ClNO2/c1-5-10-11(9(2)6-7-16)8-12(15)14(18-4)13(10)17-3/h8-9H,5-7,16H2,1-4H3. The molecule has 0 spiro atoms. The van der Waals surface area contributed by atoms with Crippen LogP contribution in [0.3, 0.4) is 0 Å². The van der Waals surface area contributed by atoms with Gasteiger partial charge in [0.05, 0.1) is 19.2 Å². The first-order valence-corrected chi connectivity index (χ1v) is 6.61. The predicted molar refractivity (Wildman–Crippen MR) is 76.0 cm³/mol. The van der Waals surface area contributed by atoms with Crippen LogP contribution in [0.2, 0.25) is 5.02 Å². The van der Waals surface area contributed by atoms with E-state index in [1.54, 1.807) is 14.2 Å². The van der Waals surface area contributed by atoms with E-state index < -0.39 is 0 Å². The lowest BCUT2D eigenvalue weighted by Gasteiger charge is -2.21. The third-order valence-corrected chi connectivity index (χ3v) is 3.50. The molecule has 0 radical (unpaired) electrons. The van der Waals surface area contributed by atoms with Crippen molar-refractivity contribution in [3.05, 3.63) is 22.2 Å². The number of ether oxygens (including phenoxy) is 2. The van der Waals surface area contributed by atoms with Gasteiger partial charge in [-0.05, 0) is 36.9 Å². The Bertz CT molecular complexity index is 407. The molecular weight excluding hydrogens is 250 g/mol. The van der Waals surface area contributed by atoms with E-state index in [1.165, 1.54) is 5.56 Å². The quantitative estimate of drug-likeness (QED) is 0.863. The largest absolute Gasteiger partial charge is 0.493 e. The molecule has 102 valence electrons. The minimum atomic E-state index is 0.363. The Labute approximate surface area is 114 Å². The van der Waals surface area contributed by atoms with Gasteiger partial charge in [0, 0.05) is 5.56 Å². The molecule has 0 aliphatic carbocycles. The van der Waals surface area contributed by atoms with Gasteiger partial charge in [-0.3, -0.25) is 0 Å². The van der Waals surface area contributed by atoms with Crippen LogP contribution in [0.4, 0.5) is 0 Å². The van der Waals surface area contributed by atoms with Crippen molar-refractivity contribution < 1.29 is 9.47 Å². The summed E-state index contributed by atoms with van der Waals surface area (Å²) < 4.78 is 10.8. The van der Waals surface area contributed by atoms with E-state index >= 15 is 0 Å². The first-order valence-electron chi connectivity index (χ1n) is 6.23. The monoisotopic (exact) mass is 271 g/mol. The Morgan fingerprint density at radius 1 is 1.28 bits per heavy atom. The zero-order valence-corrected chi connectivity index (χ0v) is 12.3. The lowest BCUT2D eigenvalue weighted by Crippen LogP contribution is -2.08. The summed E-state index contributed by atoms with van der Waals surface area (Å²) in [6.07, 6.45) is 1.81. The first kappa shape index (κ1) is 15.1. The van der Waals surface area contributed by atoms with Crippen molar-refractivity contribution in [1.82, 2.24) is 0 Å². The summed E-state index contributed by atoms with van der Waals surface area (Å²) in [6.45, 7) is 4.92. The number of nitrogens with two attached hydrogens (primary N) is 1. The van der Waals surface area contributed by atoms with Crippen molar-refractivity contribution in [2.45, 2.75) is 32.6 Å². The van der Waals surface area contributed by atoms with Gasteiger partial charge in [-0.1, -0.05) is 25.4 Å². The molecule has 0 aliphatic rings. The summed E-state index contributed by atoms with van der Waals surface area (Å²) in [7, 11) is 3.25. The number of benzene rings is 1. The molecule has 0 aromatic heterocycles. The number of rotatable bonds is 6. The molecule has 0 saturated heterocycles. The molecule has 18 heavy (non-hydrogen) atoms. The fraction of sp³-hybridized carbons (Fsp3) is 0.571. The molecule has 0 fully saturated rings. The highest BCUT2D eigenvalue weighted by molar-refractivity contribution is 6.32. The maximum Gasteiger partial charge on any atom is 0.179 e. The van der Waals surface area contributed by atoms with Crippen LogP contribution in [-0.2, 0) is 6.42 Å². The summed E-state index contributed by atoms with van der Waals surface area (Å²) in [5.41, 5.74) is 7.99. The van der Waals surface area contributed by atoms with Gasteiger partial charge in [-0.25, -0.2) is 0 Å². The second-order valence-corrected chi connectivity index (χ2v) is 4.73. The Hall–Kier alpha value is -0.930. The molecule has 0 amide bonds. The van der Waals surface area contributed by atoms with Crippen LogP contribution in [0, 0.1) is 0 Å². The highest BCUT2D eigenvalue weighted by atomic mass is 35.5. The summed E-state index contributed by atoms with van der Waals surface area (Å²) in [4.78, 5) is 0. The third kappa shape index (κ3) is 2.90. The van der Waals surface area contributed by atoms with Gasteiger partial charge >= 0.3 is 0 Å². The first-order chi connectivity index (χ1) is 8.60. The molecule has 0 heterocycles. The lowest BCUT2D eigenvalue weighted by molar-refractivity contribution is 0.351. The van der Waals surface area contributed by atoms with Crippen molar-refractivity contribution >= 4 is 11.6 Å². The second kappa shape index (κ2) is 6.86. The van der Waals surface area contributed by atoms with Crippen molar-refractivity contribution in [2.75, 3.05) is 20.8 Å². The highest BCUT2D eigenvalue weighted by Gasteiger charge is 2.20. The highest BCUT2D eigenvalue weighted by Crippen LogP contribution is 2.42. The van der Waals surface area contributed by atoms with Crippen LogP contribution < -0.4 is 15.2 Å². The molecule has 3 nitrogen and oxygen atoms in total. The summed E-state index contributed by atoms with van der Waals surface area (Å²) in [5.74, 6) is 1.72. The summed E-state index contributed by atoms with van der Waals surface area (Å²) in [6, 6.07) is 1.97. The van der Waals surface area contributed by atoms with E-state index in [-0.39, 0.29) is 0 Å². The van der Waals surface area contributed by atoms with E-state index in [0.717, 1.165) is 24.2 Å². The summed E-state index contributed by atoms with van der Waals surface area (Å²) >= 11 is 6.25. The fourth-order valence-corrected chi connectivity index (χ4v) is 2.56. The van der Waals surface area contributed by atoms with Crippen LogP contribution in [0.15, 0.2) is 6.07 Å². The van der Waals surface area contributed by atoms with E-state index in [0.29, 0.717) is 23.2 Å². The average Bonchev–Trinajstić information content (AvgIpc) is 2.37. The zero-order valence-electron chi connectivity index (χ0n) is 11.5. The van der Waals surface area contributed by atoms with E-state index in [1.807, 2.05) is 6.07 Å². The van der Waals surface area contributed by atoms with Crippen LogP contribution in [0.25, 0.3) is 0 Å². The molecule has 1 rings (SSSR count). The van der Waals surface area contributed by atoms with Crippen LogP contribution in [-0.4, -0.2) is 20.8 Å². The van der Waals surface area contributed by atoms with Crippen molar-refractivity contribution in [1.29, 1.82) is 0 Å². The van der Waals surface area contributed by atoms with E-state index in [2.05, 4.69) is 13.8 Å². The zero-order chi connectivity index (χ0) is 13.7. The second-order valence-electron chi connectivity index (χ2n) is 4.32. The van der Waals surface area contributed by atoms with Gasteiger partial charge in [0.2, 0.25) is 0 Å². The van der Waals surface area contributed by atoms with Gasteiger partial charge in [0.15, 0.2) is 11.5 Å². The number of methoxy groups -OCH3 is 2. The summed E-state index contributed by atoms with van der Waals surface area (Å²) in [5, 5.41) is 0.588. The average molecular weight is 272 g/mol. The smallest absolute Gasteiger partial charge is 0.179 e. The van der Waals surface area contributed by atoms with Gasteiger partial charge < -0.3 is 15.2 Å². The minimum absolute atomic E-state index is 0.363. The molecule has 1 unspecified atom stereocenters. The molecule has 4 heteroatoms. The number of halogens is 1. The SMILES string of the molecule is CCc1c(C(C)CCN)cc(Cl)c(OC)c1OC. The number of hydrogen-bond acceptors (Lipinski definition) is 3. The lowest BCUT2D eigenvalue weighted by atomic mass is 9.91. The van der Waals surface area contributed by atoms with Crippen LogP contribution >= 0.6 is 11.6 Å². The Morgan fingerprint density at radius 3 is 2.33 bits per heavy atom. The molecule has 1 atom stereocenters. The third-order valence-electron chi connectivity index (χ3n) is 3.22. The molecule has 1 aromatic carbocycles. The van der Waals surface area contributed by atoms with Gasteiger partial charge in [0.1, 0.15) is 0 Å². The van der Waals surface area contributed by atoms with Gasteiger partial charge in [-0.2, -0.15) is 0 Å². The molecule has 2 N–H and O–H groups in total. The maximum atomic E-state index is 6.25. The van der Waals surface area contributed by atoms with Crippen LogP contribution in [0.5, 0.6) is 11.5 Å². The minimum Gasteiger partial charge on any atom is -0.493 e. The van der Waals surface area contributed by atoms with Crippen molar-refractivity contribution in [3.63, 3.8) is 0 Å². The predicted octanol–water partition coefficient (Wildman–Crippen LogP) is 3.37. The van der Waals surface area contributed by atoms with Crippen LogP contribution in [0.1, 0.15) is 37.3 Å². The van der Waals surface area contributed by atoms with E-state index in [9.17, 15) is 0 Å². The van der Waals surface area contributed by atoms with Gasteiger partial charge in [-0.15, -0.1) is 0 Å². The van der Waals surface area contributed by atoms with Gasteiger partial charge in [0.25, 0.3) is 0 Å². The fourth-order valence-electron chi connectivity index (χ4n) is 2.28. The topological polar surface area (TPSA) is 44.5 Å². The maximum absolute atomic E-state index is 6.25. The van der Waals surface area contributed by atoms with E-state index in [4.69, 9.17) is 26.8 Å². The molecular formula is C14H22ClNO2. The molecule has 1 aromatic rings. The Morgan fingerprint density at radius 2 is 1.89 bits per heavy atom. The number of hydrogen-bond donors (Lipinski definition) is 1. The molecule has 0 aliphatic heterocycles. The van der Waals surface area contributed by atoms with Crippen molar-refractivity contribution in [3.8, 4) is 11.5 Å². The normalized spacial score (nSPS) is 12.3. The Kier molecular flexibility index (Phi) is 5.76. The van der Waals surface area contributed by atoms with Crippen molar-refractivity contribution in [2.24, 2.45) is 5.73 Å². The molecule has 0 saturated carbocycles.